The maximum absolute atomic E-state index is 12.5. The number of hydrogen-bond donors (Lipinski definition) is 0. The first kappa shape index (κ1) is 11.3. The van der Waals surface area contributed by atoms with Crippen molar-refractivity contribution in [3.63, 3.8) is 0 Å². The fourth-order valence-corrected chi connectivity index (χ4v) is 2.91. The zero-order valence-electron chi connectivity index (χ0n) is 10.4. The SMILES string of the molecule is O=c1c(-c2ccc3scnc3c2)cnc2ccccn12. The van der Waals surface area contributed by atoms with Crippen LogP contribution in [0.2, 0.25) is 0 Å². The largest absolute Gasteiger partial charge is 0.268 e. The molecule has 4 aromatic rings. The molecular weight excluding hydrogens is 270 g/mol. The summed E-state index contributed by atoms with van der Waals surface area (Å²) in [6.07, 6.45) is 3.36. The summed E-state index contributed by atoms with van der Waals surface area (Å²) in [4.78, 5) is 21.1. The minimum absolute atomic E-state index is 0.0646. The topological polar surface area (TPSA) is 47.3 Å². The fraction of sp³-hybridized carbons (Fsp3) is 0. The van der Waals surface area contributed by atoms with E-state index in [0.29, 0.717) is 11.2 Å². The molecule has 20 heavy (non-hydrogen) atoms. The molecule has 0 aliphatic rings. The lowest BCUT2D eigenvalue weighted by Gasteiger charge is -2.04. The summed E-state index contributed by atoms with van der Waals surface area (Å²) >= 11 is 1.59. The van der Waals surface area contributed by atoms with Gasteiger partial charge in [-0.3, -0.25) is 9.20 Å². The summed E-state index contributed by atoms with van der Waals surface area (Å²) in [5.74, 6) is 0. The van der Waals surface area contributed by atoms with Crippen LogP contribution in [0, 0.1) is 0 Å². The molecule has 4 nitrogen and oxygen atoms in total. The quantitative estimate of drug-likeness (QED) is 0.538. The predicted molar refractivity (Wildman–Crippen MR) is 80.1 cm³/mol. The number of thiazole rings is 1. The summed E-state index contributed by atoms with van der Waals surface area (Å²) in [5.41, 5.74) is 4.73. The van der Waals surface area contributed by atoms with Gasteiger partial charge in [0.1, 0.15) is 5.65 Å². The van der Waals surface area contributed by atoms with E-state index in [1.807, 2.05) is 36.4 Å². The number of hydrogen-bond acceptors (Lipinski definition) is 4. The van der Waals surface area contributed by atoms with E-state index in [1.165, 1.54) is 0 Å². The van der Waals surface area contributed by atoms with Gasteiger partial charge in [-0.15, -0.1) is 11.3 Å². The van der Waals surface area contributed by atoms with Gasteiger partial charge in [-0.05, 0) is 29.8 Å². The number of pyridine rings is 1. The van der Waals surface area contributed by atoms with Crippen molar-refractivity contribution in [3.8, 4) is 11.1 Å². The van der Waals surface area contributed by atoms with Crippen molar-refractivity contribution in [2.45, 2.75) is 0 Å². The zero-order chi connectivity index (χ0) is 13.5. The third-order valence-corrected chi connectivity index (χ3v) is 4.06. The number of benzene rings is 1. The molecule has 0 amide bonds. The standard InChI is InChI=1S/C15H9N3OS/c19-15-11(8-16-14-3-1-2-6-18(14)15)10-4-5-13-12(7-10)17-9-20-13/h1-9H. The molecule has 0 spiro atoms. The van der Waals surface area contributed by atoms with Crippen molar-refractivity contribution >= 4 is 27.2 Å². The van der Waals surface area contributed by atoms with Crippen molar-refractivity contribution in [1.29, 1.82) is 0 Å². The van der Waals surface area contributed by atoms with Gasteiger partial charge >= 0.3 is 0 Å². The molecule has 0 saturated heterocycles. The molecule has 0 unspecified atom stereocenters. The average molecular weight is 279 g/mol. The zero-order valence-corrected chi connectivity index (χ0v) is 11.2. The summed E-state index contributed by atoms with van der Waals surface area (Å²) < 4.78 is 2.67. The Morgan fingerprint density at radius 1 is 1.10 bits per heavy atom. The molecule has 0 saturated carbocycles. The molecular formula is C15H9N3OS. The monoisotopic (exact) mass is 279 g/mol. The van der Waals surface area contributed by atoms with Crippen LogP contribution in [0.25, 0.3) is 27.0 Å². The van der Waals surface area contributed by atoms with Gasteiger partial charge in [0, 0.05) is 12.4 Å². The lowest BCUT2D eigenvalue weighted by Crippen LogP contribution is -2.16. The lowest BCUT2D eigenvalue weighted by molar-refractivity contribution is 1.05. The second kappa shape index (κ2) is 4.25. The van der Waals surface area contributed by atoms with Gasteiger partial charge in [0.05, 0.1) is 21.3 Å². The third-order valence-electron chi connectivity index (χ3n) is 3.25. The Kier molecular flexibility index (Phi) is 2.40. The minimum Gasteiger partial charge on any atom is -0.268 e. The molecule has 0 radical (unpaired) electrons. The molecule has 0 atom stereocenters. The Bertz CT molecular complexity index is 987. The van der Waals surface area contributed by atoms with Gasteiger partial charge in [0.15, 0.2) is 0 Å². The Hall–Kier alpha value is -2.53. The van der Waals surface area contributed by atoms with Crippen LogP contribution in [-0.2, 0) is 0 Å². The van der Waals surface area contributed by atoms with Gasteiger partial charge in [0.25, 0.3) is 5.56 Å². The van der Waals surface area contributed by atoms with Crippen LogP contribution in [0.4, 0.5) is 0 Å². The first-order chi connectivity index (χ1) is 9.83. The van der Waals surface area contributed by atoms with Gasteiger partial charge < -0.3 is 0 Å². The van der Waals surface area contributed by atoms with Crippen LogP contribution in [0.15, 0.2) is 59.1 Å². The van der Waals surface area contributed by atoms with Crippen molar-refractivity contribution in [2.24, 2.45) is 0 Å². The summed E-state index contributed by atoms with van der Waals surface area (Å²) in [7, 11) is 0. The highest BCUT2D eigenvalue weighted by Gasteiger charge is 2.08. The van der Waals surface area contributed by atoms with E-state index in [0.717, 1.165) is 15.8 Å². The van der Waals surface area contributed by atoms with Crippen molar-refractivity contribution in [1.82, 2.24) is 14.4 Å². The summed E-state index contributed by atoms with van der Waals surface area (Å²) in [6.45, 7) is 0. The predicted octanol–water partition coefficient (Wildman–Crippen LogP) is 2.97. The van der Waals surface area contributed by atoms with Gasteiger partial charge in [-0.2, -0.15) is 0 Å². The van der Waals surface area contributed by atoms with Gasteiger partial charge in [-0.25, -0.2) is 9.97 Å². The smallest absolute Gasteiger partial charge is 0.265 e. The molecule has 4 rings (SSSR count). The number of aromatic nitrogens is 3. The average Bonchev–Trinajstić information content (AvgIpc) is 2.95. The highest BCUT2D eigenvalue weighted by Crippen LogP contribution is 2.23. The van der Waals surface area contributed by atoms with Crippen LogP contribution in [-0.4, -0.2) is 14.4 Å². The summed E-state index contributed by atoms with van der Waals surface area (Å²) in [6, 6.07) is 11.4. The molecule has 1 aromatic carbocycles. The second-order valence-electron chi connectivity index (χ2n) is 4.44. The van der Waals surface area contributed by atoms with Crippen LogP contribution < -0.4 is 5.56 Å². The van der Waals surface area contributed by atoms with Crippen molar-refractivity contribution < 1.29 is 0 Å². The molecule has 0 bridgehead atoms. The Morgan fingerprint density at radius 3 is 3.00 bits per heavy atom. The van der Waals surface area contributed by atoms with Crippen LogP contribution in [0.5, 0.6) is 0 Å². The molecule has 3 heterocycles. The van der Waals surface area contributed by atoms with E-state index in [9.17, 15) is 4.79 Å². The van der Waals surface area contributed by atoms with Gasteiger partial charge in [0.2, 0.25) is 0 Å². The molecule has 0 fully saturated rings. The highest BCUT2D eigenvalue weighted by molar-refractivity contribution is 7.16. The van der Waals surface area contributed by atoms with Crippen molar-refractivity contribution in [3.05, 3.63) is 64.7 Å². The van der Waals surface area contributed by atoms with E-state index in [4.69, 9.17) is 0 Å². The second-order valence-corrected chi connectivity index (χ2v) is 5.33. The molecule has 0 aliphatic heterocycles. The van der Waals surface area contributed by atoms with E-state index in [2.05, 4.69) is 9.97 Å². The van der Waals surface area contributed by atoms with E-state index >= 15 is 0 Å². The van der Waals surface area contributed by atoms with Crippen LogP contribution in [0.3, 0.4) is 0 Å². The van der Waals surface area contributed by atoms with E-state index in [1.54, 1.807) is 33.6 Å². The molecule has 3 aromatic heterocycles. The number of rotatable bonds is 1. The molecule has 5 heteroatoms. The molecule has 96 valence electrons. The van der Waals surface area contributed by atoms with E-state index < -0.39 is 0 Å². The lowest BCUT2D eigenvalue weighted by atomic mass is 10.1. The van der Waals surface area contributed by atoms with E-state index in [-0.39, 0.29) is 5.56 Å². The Morgan fingerprint density at radius 2 is 2.05 bits per heavy atom. The Balaban J connectivity index is 2.01. The fourth-order valence-electron chi connectivity index (χ4n) is 2.25. The normalized spacial score (nSPS) is 11.2. The minimum atomic E-state index is -0.0646. The van der Waals surface area contributed by atoms with Crippen LogP contribution in [0.1, 0.15) is 0 Å². The molecule has 0 aliphatic carbocycles. The third kappa shape index (κ3) is 1.64. The van der Waals surface area contributed by atoms with Gasteiger partial charge in [-0.1, -0.05) is 12.1 Å². The summed E-state index contributed by atoms with van der Waals surface area (Å²) in [5, 5.41) is 0. The highest BCUT2D eigenvalue weighted by atomic mass is 32.1. The number of fused-ring (bicyclic) bond motifs is 2. The molecule has 0 N–H and O–H groups in total. The number of nitrogens with zero attached hydrogens (tertiary/aromatic N) is 3. The first-order valence-corrected chi connectivity index (χ1v) is 7.01. The Labute approximate surface area is 118 Å². The van der Waals surface area contributed by atoms with Crippen molar-refractivity contribution in [2.75, 3.05) is 0 Å². The maximum Gasteiger partial charge on any atom is 0.265 e. The first-order valence-electron chi connectivity index (χ1n) is 6.13. The maximum atomic E-state index is 12.5. The van der Waals surface area contributed by atoms with Crippen LogP contribution >= 0.6 is 11.3 Å².